The number of hydrogen-bond acceptors (Lipinski definition) is 6. The van der Waals surface area contributed by atoms with Gasteiger partial charge in [0.05, 0.1) is 37.1 Å². The number of hydrogen-bond donors (Lipinski definition) is 1. The SMILES string of the molecule is COc1cc2c(cc1OCc1ccccc1)NCC1CC(c3ccsc3)=C[C@@H](CO[Si](C)(C)C(C)(C)C)N1C2=O. The van der Waals surface area contributed by atoms with Crippen LogP contribution in [0.25, 0.3) is 5.57 Å². The van der Waals surface area contributed by atoms with Gasteiger partial charge in [0.15, 0.2) is 19.8 Å². The molecule has 0 bridgehead atoms. The molecule has 1 amide bonds. The molecule has 2 aliphatic heterocycles. The second-order valence-corrected chi connectivity index (χ2v) is 17.7. The minimum Gasteiger partial charge on any atom is -0.493 e. The second kappa shape index (κ2) is 11.4. The molecule has 5 rings (SSSR count). The second-order valence-electron chi connectivity index (χ2n) is 12.1. The van der Waals surface area contributed by atoms with Crippen molar-refractivity contribution in [2.45, 2.75) is 64.0 Å². The Hall–Kier alpha value is -3.07. The Labute approximate surface area is 243 Å². The fraction of sp³-hybridized carbons (Fsp3) is 0.406. The largest absolute Gasteiger partial charge is 0.493 e. The summed E-state index contributed by atoms with van der Waals surface area (Å²) in [5.41, 5.74) is 4.93. The van der Waals surface area contributed by atoms with E-state index in [2.05, 4.69) is 62.1 Å². The van der Waals surface area contributed by atoms with E-state index in [0.717, 1.165) is 17.7 Å². The number of benzene rings is 2. The Balaban J connectivity index is 1.46. The fourth-order valence-corrected chi connectivity index (χ4v) is 6.75. The number of carbonyl (C=O) groups excluding carboxylic acids is 1. The summed E-state index contributed by atoms with van der Waals surface area (Å²) in [4.78, 5) is 16.3. The smallest absolute Gasteiger partial charge is 0.256 e. The molecule has 212 valence electrons. The molecular weight excluding hydrogens is 537 g/mol. The van der Waals surface area contributed by atoms with Gasteiger partial charge in [0.1, 0.15) is 6.61 Å². The van der Waals surface area contributed by atoms with Gasteiger partial charge in [-0.2, -0.15) is 11.3 Å². The van der Waals surface area contributed by atoms with E-state index in [1.165, 1.54) is 11.1 Å². The topological polar surface area (TPSA) is 60.0 Å². The van der Waals surface area contributed by atoms with E-state index >= 15 is 0 Å². The Morgan fingerprint density at radius 2 is 1.88 bits per heavy atom. The third-order valence-corrected chi connectivity index (χ3v) is 13.6. The average Bonchev–Trinajstić information content (AvgIpc) is 3.44. The molecule has 0 saturated carbocycles. The van der Waals surface area contributed by atoms with E-state index in [4.69, 9.17) is 13.9 Å². The molecule has 6 nitrogen and oxygen atoms in total. The lowest BCUT2D eigenvalue weighted by molar-refractivity contribution is 0.0558. The van der Waals surface area contributed by atoms with Crippen molar-refractivity contribution < 1.29 is 18.7 Å². The number of carbonyl (C=O) groups is 1. The third-order valence-electron chi connectivity index (χ3n) is 8.45. The van der Waals surface area contributed by atoms with E-state index in [1.807, 2.05) is 47.4 Å². The Morgan fingerprint density at radius 1 is 1.10 bits per heavy atom. The van der Waals surface area contributed by atoms with Gasteiger partial charge in [-0.3, -0.25) is 4.79 Å². The summed E-state index contributed by atoms with van der Waals surface area (Å²) < 4.78 is 18.6. The summed E-state index contributed by atoms with van der Waals surface area (Å²) in [7, 11) is -0.404. The highest BCUT2D eigenvalue weighted by atomic mass is 32.1. The summed E-state index contributed by atoms with van der Waals surface area (Å²) in [6.07, 6.45) is 3.04. The first-order chi connectivity index (χ1) is 19.1. The van der Waals surface area contributed by atoms with Gasteiger partial charge >= 0.3 is 0 Å². The maximum absolute atomic E-state index is 14.3. The molecule has 1 N–H and O–H groups in total. The Kier molecular flexibility index (Phi) is 8.13. The van der Waals surface area contributed by atoms with Gasteiger partial charge in [0.25, 0.3) is 5.91 Å². The number of thiophene rings is 1. The van der Waals surface area contributed by atoms with Gasteiger partial charge < -0.3 is 24.1 Å². The molecule has 3 aromatic rings. The van der Waals surface area contributed by atoms with Gasteiger partial charge in [-0.15, -0.1) is 0 Å². The van der Waals surface area contributed by atoms with Crippen molar-refractivity contribution in [1.82, 2.24) is 4.90 Å². The number of ether oxygens (including phenoxy) is 2. The lowest BCUT2D eigenvalue weighted by Gasteiger charge is -2.43. The first kappa shape index (κ1) is 28.5. The molecule has 8 heteroatoms. The van der Waals surface area contributed by atoms with E-state index in [-0.39, 0.29) is 23.0 Å². The van der Waals surface area contributed by atoms with Gasteiger partial charge in [-0.25, -0.2) is 0 Å². The van der Waals surface area contributed by atoms with Crippen LogP contribution >= 0.6 is 11.3 Å². The maximum atomic E-state index is 14.3. The van der Waals surface area contributed by atoms with E-state index < -0.39 is 8.32 Å². The minimum atomic E-state index is -2.02. The Bertz CT molecular complexity index is 1370. The standard InChI is InChI=1S/C32H40N2O4SSi/c1-32(2,3)40(5,6)38-20-26-15-24(23-12-13-39-21-23)14-25-18-33-28-17-30(37-19-22-10-8-7-9-11-22)29(36-4)16-27(28)31(35)34(25)26/h7-13,15-17,21,25-26,33H,14,18-20H2,1-6H3/t25?,26-/m0/s1. The van der Waals surface area contributed by atoms with Crippen LogP contribution < -0.4 is 14.8 Å². The molecular formula is C32H40N2O4SSi. The van der Waals surface area contributed by atoms with Crippen LogP contribution in [0.2, 0.25) is 18.1 Å². The van der Waals surface area contributed by atoms with Crippen molar-refractivity contribution in [1.29, 1.82) is 0 Å². The zero-order chi connectivity index (χ0) is 28.5. The van der Waals surface area contributed by atoms with Gasteiger partial charge in [0.2, 0.25) is 0 Å². The van der Waals surface area contributed by atoms with E-state index in [9.17, 15) is 4.79 Å². The highest BCUT2D eigenvalue weighted by molar-refractivity contribution is 7.08. The molecule has 0 fully saturated rings. The molecule has 0 saturated heterocycles. The van der Waals surface area contributed by atoms with Crippen LogP contribution in [0.1, 0.15) is 48.7 Å². The monoisotopic (exact) mass is 576 g/mol. The summed E-state index contributed by atoms with van der Waals surface area (Å²) >= 11 is 1.70. The first-order valence-electron chi connectivity index (χ1n) is 13.9. The highest BCUT2D eigenvalue weighted by Gasteiger charge is 2.42. The van der Waals surface area contributed by atoms with Crippen LogP contribution in [0, 0.1) is 0 Å². The highest BCUT2D eigenvalue weighted by Crippen LogP contribution is 2.41. The predicted octanol–water partition coefficient (Wildman–Crippen LogP) is 7.45. The van der Waals surface area contributed by atoms with Crippen LogP contribution in [0.3, 0.4) is 0 Å². The summed E-state index contributed by atoms with van der Waals surface area (Å²) in [6, 6.07) is 15.7. The van der Waals surface area contributed by atoms with Crippen LogP contribution in [0.4, 0.5) is 5.69 Å². The fourth-order valence-electron chi connectivity index (χ4n) is 5.05. The van der Waals surface area contributed by atoms with Gasteiger partial charge in [-0.05, 0) is 64.1 Å². The van der Waals surface area contributed by atoms with Gasteiger partial charge in [0, 0.05) is 12.6 Å². The van der Waals surface area contributed by atoms with Crippen molar-refractivity contribution in [3.8, 4) is 11.5 Å². The summed E-state index contributed by atoms with van der Waals surface area (Å²) in [6.45, 7) is 12.8. The maximum Gasteiger partial charge on any atom is 0.256 e. The van der Waals surface area contributed by atoms with Crippen molar-refractivity contribution >= 4 is 36.8 Å². The van der Waals surface area contributed by atoms with Gasteiger partial charge in [-0.1, -0.05) is 57.2 Å². The van der Waals surface area contributed by atoms with E-state index in [0.29, 0.717) is 36.8 Å². The normalized spacial score (nSPS) is 19.2. The average molecular weight is 577 g/mol. The number of fused-ring (bicyclic) bond motifs is 2. The zero-order valence-corrected chi connectivity index (χ0v) is 26.1. The molecule has 0 radical (unpaired) electrons. The van der Waals surface area contributed by atoms with Crippen molar-refractivity contribution in [2.24, 2.45) is 0 Å². The van der Waals surface area contributed by atoms with Crippen molar-refractivity contribution in [3.63, 3.8) is 0 Å². The zero-order valence-electron chi connectivity index (χ0n) is 24.3. The number of amides is 1. The molecule has 40 heavy (non-hydrogen) atoms. The van der Waals surface area contributed by atoms with Crippen molar-refractivity contribution in [3.05, 3.63) is 82.1 Å². The molecule has 1 aromatic heterocycles. The number of methoxy groups -OCH3 is 1. The molecule has 2 atom stereocenters. The molecule has 2 aliphatic rings. The molecule has 3 heterocycles. The quantitative estimate of drug-likeness (QED) is 0.282. The molecule has 1 unspecified atom stereocenters. The molecule has 0 spiro atoms. The lowest BCUT2D eigenvalue weighted by Crippen LogP contribution is -2.53. The van der Waals surface area contributed by atoms with Crippen LogP contribution in [0.15, 0.2) is 65.4 Å². The molecule has 2 aromatic carbocycles. The number of nitrogens with one attached hydrogen (secondary N) is 1. The summed E-state index contributed by atoms with van der Waals surface area (Å²) in [5.74, 6) is 1.14. The number of nitrogens with zero attached hydrogens (tertiary/aromatic N) is 1. The third kappa shape index (κ3) is 5.85. The van der Waals surface area contributed by atoms with Crippen LogP contribution in [-0.4, -0.2) is 51.5 Å². The van der Waals surface area contributed by atoms with Crippen LogP contribution in [0.5, 0.6) is 11.5 Å². The van der Waals surface area contributed by atoms with E-state index in [1.54, 1.807) is 18.4 Å². The number of rotatable bonds is 8. The number of anilines is 1. The lowest BCUT2D eigenvalue weighted by atomic mass is 9.91. The molecule has 0 aliphatic carbocycles. The predicted molar refractivity (Wildman–Crippen MR) is 166 cm³/mol. The van der Waals surface area contributed by atoms with Crippen molar-refractivity contribution in [2.75, 3.05) is 25.6 Å². The minimum absolute atomic E-state index is 0.00695. The Morgan fingerprint density at radius 3 is 2.55 bits per heavy atom. The first-order valence-corrected chi connectivity index (χ1v) is 17.7. The summed E-state index contributed by atoms with van der Waals surface area (Å²) in [5, 5.41) is 7.96. The van der Waals surface area contributed by atoms with Crippen LogP contribution in [-0.2, 0) is 11.0 Å².